The number of aromatic nitrogens is 4. The van der Waals surface area contributed by atoms with E-state index in [-0.39, 0.29) is 29.9 Å². The number of carbonyl (C=O) groups is 1. The summed E-state index contributed by atoms with van der Waals surface area (Å²) in [6, 6.07) is 14.0. The predicted octanol–water partition coefficient (Wildman–Crippen LogP) is 5.96. The fourth-order valence-corrected chi connectivity index (χ4v) is 7.44. The highest BCUT2D eigenvalue weighted by molar-refractivity contribution is 8.22. The van der Waals surface area contributed by atoms with Crippen molar-refractivity contribution >= 4 is 27.7 Å². The van der Waals surface area contributed by atoms with Crippen LogP contribution >= 0.6 is 10.8 Å². The van der Waals surface area contributed by atoms with E-state index in [1.54, 1.807) is 22.6 Å². The maximum absolute atomic E-state index is 13.2. The average Bonchev–Trinajstić information content (AvgIpc) is 3.72. The fourth-order valence-electron chi connectivity index (χ4n) is 5.87. The summed E-state index contributed by atoms with van der Waals surface area (Å²) in [6.45, 7) is 9.51. The molecule has 11 heteroatoms. The predicted molar refractivity (Wildman–Crippen MR) is 167 cm³/mol. The number of rotatable bonds is 9. The Morgan fingerprint density at radius 2 is 1.98 bits per heavy atom. The van der Waals surface area contributed by atoms with E-state index in [0.717, 1.165) is 58.2 Å². The molecular weight excluding hydrogens is 564 g/mol. The number of aryl methyl sites for hydroxylation is 3. The lowest BCUT2D eigenvalue weighted by Crippen LogP contribution is -2.34. The van der Waals surface area contributed by atoms with Gasteiger partial charge in [-0.2, -0.15) is 4.31 Å². The van der Waals surface area contributed by atoms with Crippen molar-refractivity contribution < 1.29 is 18.6 Å². The van der Waals surface area contributed by atoms with Crippen LogP contribution in [0.4, 0.5) is 0 Å². The number of amides is 1. The molecule has 2 aromatic carbocycles. The molecule has 0 saturated heterocycles. The van der Waals surface area contributed by atoms with Crippen molar-refractivity contribution in [3.05, 3.63) is 76.5 Å². The van der Waals surface area contributed by atoms with Crippen LogP contribution in [0.25, 0.3) is 11.0 Å². The van der Waals surface area contributed by atoms with Crippen molar-refractivity contribution in [2.45, 2.75) is 89.4 Å². The van der Waals surface area contributed by atoms with E-state index in [2.05, 4.69) is 51.8 Å². The molecular formula is C32H40N6O4S. The molecule has 1 amide bonds. The molecule has 0 bridgehead atoms. The Hall–Kier alpha value is -3.51. The van der Waals surface area contributed by atoms with Gasteiger partial charge in [0.2, 0.25) is 11.8 Å². The summed E-state index contributed by atoms with van der Waals surface area (Å²) in [5.41, 5.74) is 6.85. The van der Waals surface area contributed by atoms with Crippen LogP contribution in [0.3, 0.4) is 0 Å². The summed E-state index contributed by atoms with van der Waals surface area (Å²) in [6.07, 6.45) is 4.42. The van der Waals surface area contributed by atoms with Crippen LogP contribution in [0.2, 0.25) is 0 Å². The topological polar surface area (TPSA) is 126 Å². The third kappa shape index (κ3) is 5.86. The highest BCUT2D eigenvalue weighted by Crippen LogP contribution is 2.57. The van der Waals surface area contributed by atoms with Crippen LogP contribution in [0, 0.1) is 13.8 Å². The van der Waals surface area contributed by atoms with Gasteiger partial charge in [-0.15, -0.1) is 15.9 Å². The van der Waals surface area contributed by atoms with Gasteiger partial charge in [0.25, 0.3) is 0 Å². The second-order valence-corrected chi connectivity index (χ2v) is 13.6. The first-order valence-electron chi connectivity index (χ1n) is 15.1. The van der Waals surface area contributed by atoms with Gasteiger partial charge < -0.3 is 10.1 Å². The summed E-state index contributed by atoms with van der Waals surface area (Å²) in [7, 11) is -3.36. The monoisotopic (exact) mass is 604 g/mol. The van der Waals surface area contributed by atoms with E-state index < -0.39 is 10.8 Å². The van der Waals surface area contributed by atoms with Crippen molar-refractivity contribution in [3.8, 4) is 5.88 Å². The molecule has 3 N–H and O–H groups in total. The van der Waals surface area contributed by atoms with E-state index in [4.69, 9.17) is 4.74 Å². The number of pyridine rings is 1. The van der Waals surface area contributed by atoms with Crippen LogP contribution in [0.1, 0.15) is 73.3 Å². The summed E-state index contributed by atoms with van der Waals surface area (Å²) >= 11 is 0. The number of hydrogen-bond acceptors (Lipinski definition) is 8. The third-order valence-electron chi connectivity index (χ3n) is 8.64. The van der Waals surface area contributed by atoms with E-state index in [0.29, 0.717) is 30.8 Å². The van der Waals surface area contributed by atoms with Crippen molar-refractivity contribution in [1.29, 1.82) is 0 Å². The highest BCUT2D eigenvalue weighted by atomic mass is 32.3. The molecule has 3 heterocycles. The van der Waals surface area contributed by atoms with Gasteiger partial charge in [-0.25, -0.2) is 9.67 Å². The minimum Gasteiger partial charge on any atom is -0.472 e. The number of nitrogens with zero attached hydrogens (tertiary/aromatic N) is 5. The normalized spacial score (nSPS) is 19.7. The van der Waals surface area contributed by atoms with Gasteiger partial charge in [0.05, 0.1) is 12.1 Å². The van der Waals surface area contributed by atoms with Crippen LogP contribution in [0.5, 0.6) is 5.88 Å². The summed E-state index contributed by atoms with van der Waals surface area (Å²) in [5.74, 6) is 0.0884. The molecule has 4 aromatic rings. The summed E-state index contributed by atoms with van der Waals surface area (Å²) in [4.78, 5) is 17.8. The van der Waals surface area contributed by atoms with Crippen LogP contribution in [-0.4, -0.2) is 58.0 Å². The molecule has 2 aliphatic rings. The van der Waals surface area contributed by atoms with Gasteiger partial charge in [0, 0.05) is 37.7 Å². The number of carbonyl (C=O) groups excluding carboxylic acids is 1. The first kappa shape index (κ1) is 29.6. The Bertz CT molecular complexity index is 1650. The Balaban J connectivity index is 1.38. The largest absolute Gasteiger partial charge is 0.472 e. The zero-order chi connectivity index (χ0) is 30.3. The van der Waals surface area contributed by atoms with E-state index in [1.807, 2.05) is 31.5 Å². The molecule has 10 nitrogen and oxygen atoms in total. The van der Waals surface area contributed by atoms with Gasteiger partial charge >= 0.3 is 0 Å². The molecule has 1 aliphatic carbocycles. The van der Waals surface area contributed by atoms with Gasteiger partial charge in [0.15, 0.2) is 0 Å². The Morgan fingerprint density at radius 1 is 1.16 bits per heavy atom. The van der Waals surface area contributed by atoms with E-state index >= 15 is 0 Å². The third-order valence-corrected chi connectivity index (χ3v) is 10.5. The lowest BCUT2D eigenvalue weighted by Gasteiger charge is -2.41. The lowest BCUT2D eigenvalue weighted by molar-refractivity contribution is -0.121. The molecule has 2 aromatic heterocycles. The number of fused-ring (bicyclic) bond motifs is 2. The zero-order valence-electron chi connectivity index (χ0n) is 25.2. The molecule has 1 aliphatic heterocycles. The number of nitrogens with one attached hydrogen (secondary N) is 1. The molecule has 0 unspecified atom stereocenters. The van der Waals surface area contributed by atoms with Crippen LogP contribution in [0.15, 0.2) is 53.6 Å². The SMILES string of the molecule is CC[C@@H]1CN(Cc2cc([C@H](CC(=O)NC3CC3)c3ccc4c(nnn4CC)c3C)ccc2C)S(O)(O)c2cccnc2O1. The van der Waals surface area contributed by atoms with Crippen molar-refractivity contribution in [2.24, 2.45) is 0 Å². The van der Waals surface area contributed by atoms with Crippen molar-refractivity contribution in [3.63, 3.8) is 0 Å². The molecule has 0 spiro atoms. The van der Waals surface area contributed by atoms with Crippen LogP contribution < -0.4 is 10.1 Å². The Morgan fingerprint density at radius 3 is 2.72 bits per heavy atom. The van der Waals surface area contributed by atoms with Gasteiger partial charge in [-0.3, -0.25) is 13.9 Å². The second kappa shape index (κ2) is 11.9. The average molecular weight is 605 g/mol. The zero-order valence-corrected chi connectivity index (χ0v) is 26.0. The van der Waals surface area contributed by atoms with Crippen LogP contribution in [-0.2, 0) is 17.9 Å². The minimum absolute atomic E-state index is 0.0278. The Labute approximate surface area is 253 Å². The van der Waals surface area contributed by atoms with Gasteiger partial charge in [0.1, 0.15) is 16.5 Å². The first-order valence-corrected chi connectivity index (χ1v) is 16.6. The van der Waals surface area contributed by atoms with E-state index in [9.17, 15) is 13.9 Å². The van der Waals surface area contributed by atoms with Crippen molar-refractivity contribution in [1.82, 2.24) is 29.6 Å². The maximum atomic E-state index is 13.2. The molecule has 2 atom stereocenters. The number of hydrogen-bond donors (Lipinski definition) is 3. The lowest BCUT2D eigenvalue weighted by atomic mass is 9.84. The van der Waals surface area contributed by atoms with Gasteiger partial charge in [-0.05, 0) is 86.1 Å². The smallest absolute Gasteiger partial charge is 0.239 e. The standard InChI is InChI=1S/C32H40N6O4S/c1-5-25-19-37(43(40,41)29-8-7-15-33-32(29)42-25)18-23-16-22(10-9-20(23)3)27(17-30(39)34-24-11-12-24)26-13-14-28-31(21(26)4)35-36-38(28)6-2/h7-10,13-16,24-25,27,40-41H,5-6,11-12,17-19H2,1-4H3,(H,34,39)/t25-,27+/m1/s1. The molecule has 0 radical (unpaired) electrons. The van der Waals surface area contributed by atoms with E-state index in [1.165, 1.54) is 0 Å². The molecule has 1 fully saturated rings. The fraction of sp³-hybridized carbons (Fsp3) is 0.438. The van der Waals surface area contributed by atoms with Crippen molar-refractivity contribution in [2.75, 3.05) is 6.54 Å². The highest BCUT2D eigenvalue weighted by Gasteiger charge is 2.36. The quantitative estimate of drug-likeness (QED) is 0.214. The summed E-state index contributed by atoms with van der Waals surface area (Å²) in [5, 5.41) is 11.9. The minimum atomic E-state index is -3.36. The molecule has 1 saturated carbocycles. The molecule has 43 heavy (non-hydrogen) atoms. The molecule has 6 rings (SSSR count). The van der Waals surface area contributed by atoms with Gasteiger partial charge in [-0.1, -0.05) is 36.4 Å². The first-order chi connectivity index (χ1) is 20.7. The second-order valence-electron chi connectivity index (χ2n) is 11.6. The number of benzene rings is 2. The summed E-state index contributed by atoms with van der Waals surface area (Å²) < 4.78 is 32.8. The molecule has 228 valence electrons. The number of ether oxygens (including phenoxy) is 1. The Kier molecular flexibility index (Phi) is 8.16. The maximum Gasteiger partial charge on any atom is 0.239 e.